The highest BCUT2D eigenvalue weighted by Gasteiger charge is 2.27. The normalized spacial score (nSPS) is 11.8. The van der Waals surface area contributed by atoms with Crippen LogP contribution in [-0.4, -0.2) is 0 Å². The molecular formula is C64H40. The van der Waals surface area contributed by atoms with Gasteiger partial charge in [-0.25, -0.2) is 0 Å². The molecule has 0 heteroatoms. The zero-order chi connectivity index (χ0) is 42.1. The average molecular weight is 809 g/mol. The Balaban J connectivity index is 0.000000639. The molecule has 0 atom stereocenters. The summed E-state index contributed by atoms with van der Waals surface area (Å²) >= 11 is 0. The summed E-state index contributed by atoms with van der Waals surface area (Å²) in [5.41, 5.74) is 10.1. The van der Waals surface area contributed by atoms with Gasteiger partial charge in [0.1, 0.15) is 0 Å². The Hall–Kier alpha value is -8.32. The number of fused-ring (bicyclic) bond motifs is 9. The van der Waals surface area contributed by atoms with Gasteiger partial charge < -0.3 is 0 Å². The molecule has 14 rings (SSSR count). The van der Waals surface area contributed by atoms with Crippen molar-refractivity contribution in [1.29, 1.82) is 0 Å². The molecule has 14 aromatic rings. The molecule has 296 valence electrons. The number of hydrogen-bond donors (Lipinski definition) is 0. The van der Waals surface area contributed by atoms with E-state index < -0.39 is 0 Å². The second kappa shape index (κ2) is 14.7. The highest BCUT2D eigenvalue weighted by Crippen LogP contribution is 2.55. The Morgan fingerprint density at radius 3 is 1.28 bits per heavy atom. The van der Waals surface area contributed by atoms with Crippen LogP contribution in [-0.2, 0) is 0 Å². The van der Waals surface area contributed by atoms with Crippen molar-refractivity contribution in [2.45, 2.75) is 0 Å². The monoisotopic (exact) mass is 808 g/mol. The molecule has 0 saturated carbocycles. The fourth-order valence-corrected chi connectivity index (χ4v) is 11.0. The van der Waals surface area contributed by atoms with Crippen LogP contribution >= 0.6 is 0 Å². The molecule has 0 nitrogen and oxygen atoms in total. The molecule has 0 N–H and O–H groups in total. The van der Waals surface area contributed by atoms with Gasteiger partial charge in [-0.2, -0.15) is 0 Å². The van der Waals surface area contributed by atoms with Crippen molar-refractivity contribution >= 4 is 86.2 Å². The summed E-state index contributed by atoms with van der Waals surface area (Å²) in [6, 6.07) is 88.9. The lowest BCUT2D eigenvalue weighted by Gasteiger charge is -2.19. The maximum Gasteiger partial charge on any atom is -0.000719 e. The van der Waals surface area contributed by atoms with Gasteiger partial charge in [-0.15, -0.1) is 0 Å². The minimum Gasteiger partial charge on any atom is -0.0623 e. The van der Waals surface area contributed by atoms with Gasteiger partial charge in [-0.1, -0.05) is 237 Å². The molecule has 0 spiro atoms. The fraction of sp³-hybridized carbons (Fsp3) is 0. The highest BCUT2D eigenvalue weighted by molar-refractivity contribution is 6.45. The van der Waals surface area contributed by atoms with Crippen LogP contribution in [0.25, 0.3) is 131 Å². The van der Waals surface area contributed by atoms with Crippen LogP contribution in [0.2, 0.25) is 0 Å². The SMILES string of the molecule is c1ccc(-c2ccc3ccccc3c2-c2ccc3c4c(-c5ccccc5)c5cc6c7ccccc7c7cccc(c5c(-c5ccccc5)c4c4cccc2c34)c76)cc1.c1ccccc1. The summed E-state index contributed by atoms with van der Waals surface area (Å²) in [6.45, 7) is 0. The molecule has 0 unspecified atom stereocenters. The largest absolute Gasteiger partial charge is 0.0623 e. The van der Waals surface area contributed by atoms with Gasteiger partial charge in [-0.3, -0.25) is 0 Å². The molecule has 0 aliphatic carbocycles. The van der Waals surface area contributed by atoms with E-state index in [1.54, 1.807) is 0 Å². The summed E-state index contributed by atoms with van der Waals surface area (Å²) in [5, 5.41) is 20.9. The molecule has 0 aliphatic rings. The number of benzene rings is 12. The number of rotatable bonds is 4. The predicted octanol–water partition coefficient (Wildman–Crippen LogP) is 18.1. The Bertz CT molecular complexity index is 3990. The first-order valence-electron chi connectivity index (χ1n) is 22.3. The lowest BCUT2D eigenvalue weighted by atomic mass is 9.84. The summed E-state index contributed by atoms with van der Waals surface area (Å²) in [5.74, 6) is 0. The zero-order valence-electron chi connectivity index (χ0n) is 35.1. The highest BCUT2D eigenvalue weighted by atomic mass is 14.3. The van der Waals surface area contributed by atoms with E-state index in [4.69, 9.17) is 0 Å². The van der Waals surface area contributed by atoms with E-state index in [0.717, 1.165) is 0 Å². The predicted molar refractivity (Wildman–Crippen MR) is 277 cm³/mol. The van der Waals surface area contributed by atoms with Crippen LogP contribution in [0.15, 0.2) is 243 Å². The van der Waals surface area contributed by atoms with E-state index >= 15 is 0 Å². The maximum atomic E-state index is 2.53. The van der Waals surface area contributed by atoms with Gasteiger partial charge in [0.15, 0.2) is 0 Å². The van der Waals surface area contributed by atoms with E-state index in [2.05, 4.69) is 206 Å². The topological polar surface area (TPSA) is 0 Å². The molecule has 0 radical (unpaired) electrons. The third-order valence-corrected chi connectivity index (χ3v) is 13.6. The van der Waals surface area contributed by atoms with Crippen LogP contribution < -0.4 is 0 Å². The molecule has 0 saturated heterocycles. The van der Waals surface area contributed by atoms with E-state index in [1.165, 1.54) is 131 Å². The van der Waals surface area contributed by atoms with Crippen molar-refractivity contribution in [3.63, 3.8) is 0 Å². The van der Waals surface area contributed by atoms with Crippen molar-refractivity contribution in [3.05, 3.63) is 243 Å². The van der Waals surface area contributed by atoms with Crippen molar-refractivity contribution in [3.8, 4) is 44.5 Å². The summed E-state index contributed by atoms with van der Waals surface area (Å²) in [6.07, 6.45) is 0. The molecule has 14 aromatic carbocycles. The average Bonchev–Trinajstić information content (AvgIpc) is 3.88. The van der Waals surface area contributed by atoms with Crippen LogP contribution in [0.4, 0.5) is 0 Å². The molecule has 0 amide bonds. The van der Waals surface area contributed by atoms with Crippen molar-refractivity contribution < 1.29 is 0 Å². The standard InChI is InChI=1S/C58H34.C6H6/c1-4-16-35(17-5-1)40-31-30-36-18-10-11-23-39(36)53(40)45-32-33-48-54-44(45)27-15-29-47(54)58-52(38-21-8-3-9-22-38)56-46-28-14-26-43-41-24-12-13-25-42(41)49(55(43)46)34-50(56)51(57(48)58)37-19-6-2-7-20-37;1-2-4-6-5-3-1/h1-34H;1-6H. The van der Waals surface area contributed by atoms with Gasteiger partial charge in [0.25, 0.3) is 0 Å². The molecular weight excluding hydrogens is 769 g/mol. The van der Waals surface area contributed by atoms with E-state index in [0.29, 0.717) is 0 Å². The Kier molecular flexibility index (Phi) is 8.32. The fourth-order valence-electron chi connectivity index (χ4n) is 11.0. The summed E-state index contributed by atoms with van der Waals surface area (Å²) in [7, 11) is 0. The summed E-state index contributed by atoms with van der Waals surface area (Å²) in [4.78, 5) is 0. The maximum absolute atomic E-state index is 2.53. The third-order valence-electron chi connectivity index (χ3n) is 13.6. The second-order valence-electron chi connectivity index (χ2n) is 17.0. The first-order chi connectivity index (χ1) is 31.8. The van der Waals surface area contributed by atoms with E-state index in [-0.39, 0.29) is 0 Å². The minimum atomic E-state index is 1.23. The smallest absolute Gasteiger partial charge is 0.000719 e. The Labute approximate surface area is 371 Å². The van der Waals surface area contributed by atoms with Gasteiger partial charge in [0.2, 0.25) is 0 Å². The van der Waals surface area contributed by atoms with Gasteiger partial charge in [-0.05, 0) is 137 Å². The lowest BCUT2D eigenvalue weighted by Crippen LogP contribution is -1.91. The molecule has 64 heavy (non-hydrogen) atoms. The van der Waals surface area contributed by atoms with Crippen LogP contribution in [0.1, 0.15) is 0 Å². The van der Waals surface area contributed by atoms with Crippen LogP contribution in [0, 0.1) is 0 Å². The Morgan fingerprint density at radius 1 is 0.172 bits per heavy atom. The van der Waals surface area contributed by atoms with Crippen molar-refractivity contribution in [1.82, 2.24) is 0 Å². The second-order valence-corrected chi connectivity index (χ2v) is 17.0. The van der Waals surface area contributed by atoms with E-state index in [9.17, 15) is 0 Å². The van der Waals surface area contributed by atoms with Crippen LogP contribution in [0.3, 0.4) is 0 Å². The quantitative estimate of drug-likeness (QED) is 0.155. The van der Waals surface area contributed by atoms with Gasteiger partial charge in [0.05, 0.1) is 0 Å². The van der Waals surface area contributed by atoms with Gasteiger partial charge >= 0.3 is 0 Å². The zero-order valence-corrected chi connectivity index (χ0v) is 35.1. The number of hydrogen-bond acceptors (Lipinski definition) is 0. The summed E-state index contributed by atoms with van der Waals surface area (Å²) < 4.78 is 0. The van der Waals surface area contributed by atoms with Crippen LogP contribution in [0.5, 0.6) is 0 Å². The first-order valence-corrected chi connectivity index (χ1v) is 22.3. The minimum absolute atomic E-state index is 1.23. The first kappa shape index (κ1) is 36.3. The third kappa shape index (κ3) is 5.43. The molecule has 0 aromatic heterocycles. The van der Waals surface area contributed by atoms with Gasteiger partial charge in [0, 0.05) is 0 Å². The lowest BCUT2D eigenvalue weighted by molar-refractivity contribution is 1.63. The molecule has 0 fully saturated rings. The van der Waals surface area contributed by atoms with Crippen molar-refractivity contribution in [2.75, 3.05) is 0 Å². The molecule has 0 heterocycles. The van der Waals surface area contributed by atoms with Crippen molar-refractivity contribution in [2.24, 2.45) is 0 Å². The van der Waals surface area contributed by atoms with E-state index in [1.807, 2.05) is 36.4 Å². The molecule has 0 bridgehead atoms. The Morgan fingerprint density at radius 2 is 0.609 bits per heavy atom. The molecule has 0 aliphatic heterocycles.